The Balaban J connectivity index is 0.000000193. The lowest BCUT2D eigenvalue weighted by Crippen LogP contribution is -2.34. The number of rotatable bonds is 8. The molecule has 5 rings (SSSR count). The van der Waals surface area contributed by atoms with Crippen molar-refractivity contribution in [2.24, 2.45) is 0 Å². The normalized spacial score (nSPS) is 14.8. The number of hydrogen-bond donors (Lipinski definition) is 2. The topological polar surface area (TPSA) is 88.0 Å². The predicted octanol–water partition coefficient (Wildman–Crippen LogP) is 6.77. The van der Waals surface area contributed by atoms with Crippen LogP contribution < -0.4 is 11.2 Å². The highest BCUT2D eigenvalue weighted by atomic mass is 35.5. The van der Waals surface area contributed by atoms with Crippen LogP contribution in [0.15, 0.2) is 73.6 Å². The van der Waals surface area contributed by atoms with E-state index in [1.807, 2.05) is 50.2 Å². The quantitative estimate of drug-likeness (QED) is 0.127. The van der Waals surface area contributed by atoms with Gasteiger partial charge in [-0.05, 0) is 76.2 Å². The number of nitrogens with one attached hydrogen (secondary N) is 2. The van der Waals surface area contributed by atoms with E-state index < -0.39 is 5.69 Å². The zero-order chi connectivity index (χ0) is 30.4. The maximum atomic E-state index is 12.0. The van der Waals surface area contributed by atoms with Crippen LogP contribution in [0.5, 0.6) is 0 Å². The molecular weight excluding hydrogens is 590 g/mol. The molecule has 0 amide bonds. The fourth-order valence-electron chi connectivity index (χ4n) is 4.87. The summed E-state index contributed by atoms with van der Waals surface area (Å²) in [7, 11) is 0. The van der Waals surface area contributed by atoms with Crippen LogP contribution in [0.3, 0.4) is 0 Å². The van der Waals surface area contributed by atoms with E-state index in [2.05, 4.69) is 52.3 Å². The number of H-pyrrole nitrogens is 2. The van der Waals surface area contributed by atoms with E-state index in [4.69, 9.17) is 28.6 Å². The third kappa shape index (κ3) is 7.54. The summed E-state index contributed by atoms with van der Waals surface area (Å²) >= 11 is 13.1. The van der Waals surface area contributed by atoms with Crippen molar-refractivity contribution >= 4 is 46.6 Å². The van der Waals surface area contributed by atoms with Gasteiger partial charge >= 0.3 is 5.69 Å². The third-order valence-electron chi connectivity index (χ3n) is 7.07. The van der Waals surface area contributed by atoms with Crippen LogP contribution in [0, 0.1) is 4.77 Å². The molecule has 0 bridgehead atoms. The van der Waals surface area contributed by atoms with Gasteiger partial charge in [0.1, 0.15) is 6.73 Å². The highest BCUT2D eigenvalue weighted by Crippen LogP contribution is 2.30. The molecule has 2 aromatic carbocycles. The number of imidazole rings is 1. The maximum Gasteiger partial charge on any atom is 0.331 e. The van der Waals surface area contributed by atoms with Crippen molar-refractivity contribution in [3.63, 3.8) is 0 Å². The smallest absolute Gasteiger partial charge is 0.331 e. The van der Waals surface area contributed by atoms with Gasteiger partial charge < -0.3 is 14.3 Å². The van der Waals surface area contributed by atoms with Gasteiger partial charge in [0.25, 0.3) is 5.56 Å². The lowest BCUT2D eigenvalue weighted by atomic mass is 10.1. The molecule has 8 nitrogen and oxygen atoms in total. The van der Waals surface area contributed by atoms with Crippen molar-refractivity contribution in [2.45, 2.75) is 76.8 Å². The van der Waals surface area contributed by atoms with Crippen LogP contribution in [0.1, 0.15) is 45.7 Å². The van der Waals surface area contributed by atoms with Gasteiger partial charge in [-0.1, -0.05) is 60.1 Å². The summed E-state index contributed by atoms with van der Waals surface area (Å²) in [6.45, 7) is 13.7. The SMILES string of the molecule is CC(C)=CCN1Cc2cc(Cl)cc3[nH]c(=S)n(c23)C[C@@H]1C.CCOCn1c(Sc2ccccc2)c(CC)c(=O)[nH]c1=O. The van der Waals surface area contributed by atoms with Gasteiger partial charge in [-0.2, -0.15) is 0 Å². The van der Waals surface area contributed by atoms with E-state index in [0.29, 0.717) is 29.7 Å². The number of aromatic nitrogens is 4. The van der Waals surface area contributed by atoms with Crippen LogP contribution in [0.4, 0.5) is 0 Å². The second-order valence-corrected chi connectivity index (χ2v) is 12.3. The standard InChI is InChI=1S/C16H20ClN3S.C15H18N2O3S/c1-10(2)4-5-19-9-12-6-13(17)7-14-15(12)20(8-11(19)3)16(21)18-14;1-3-12-13(18)16-15(19)17(10-20-4-2)14(12)21-11-8-6-5-7-9-11/h4,6-7,11H,5,8-9H2,1-3H3,(H,18,21);5-9H,3-4,10H2,1-2H3,(H,16,18,19)/t11-;/m0./s1. The Kier molecular flexibility index (Phi) is 11.1. The molecule has 2 aromatic heterocycles. The second kappa shape index (κ2) is 14.5. The van der Waals surface area contributed by atoms with Crippen molar-refractivity contribution in [2.75, 3.05) is 13.2 Å². The zero-order valence-corrected chi connectivity index (χ0v) is 27.1. The van der Waals surface area contributed by atoms with E-state index >= 15 is 0 Å². The van der Waals surface area contributed by atoms with Crippen LogP contribution in [0.25, 0.3) is 11.0 Å². The summed E-state index contributed by atoms with van der Waals surface area (Å²) in [6.07, 6.45) is 2.83. The molecule has 1 atom stereocenters. The number of halogens is 1. The van der Waals surface area contributed by atoms with E-state index in [9.17, 15) is 9.59 Å². The molecule has 224 valence electrons. The molecule has 0 fully saturated rings. The number of hydrogen-bond acceptors (Lipinski definition) is 6. The first-order chi connectivity index (χ1) is 20.1. The van der Waals surface area contributed by atoms with Gasteiger partial charge in [-0.15, -0.1) is 0 Å². The van der Waals surface area contributed by atoms with Gasteiger partial charge in [0, 0.05) is 47.8 Å². The van der Waals surface area contributed by atoms with E-state index in [0.717, 1.165) is 39.8 Å². The molecule has 0 saturated heterocycles. The Labute approximate surface area is 260 Å². The molecule has 1 aliphatic rings. The number of aromatic amines is 2. The Morgan fingerprint density at radius 2 is 1.90 bits per heavy atom. The van der Waals surface area contributed by atoms with Gasteiger partial charge in [-0.25, -0.2) is 4.79 Å². The van der Waals surface area contributed by atoms with Crippen molar-refractivity contribution in [1.82, 2.24) is 24.0 Å². The van der Waals surface area contributed by atoms with E-state index in [1.54, 1.807) is 0 Å². The zero-order valence-electron chi connectivity index (χ0n) is 24.7. The van der Waals surface area contributed by atoms with Gasteiger partial charge in [0.05, 0.1) is 16.1 Å². The largest absolute Gasteiger partial charge is 0.361 e. The number of nitrogens with zero attached hydrogens (tertiary/aromatic N) is 3. The molecule has 0 radical (unpaired) electrons. The maximum absolute atomic E-state index is 12.0. The van der Waals surface area contributed by atoms with E-state index in [-0.39, 0.29) is 12.3 Å². The van der Waals surface area contributed by atoms with Crippen LogP contribution >= 0.6 is 35.6 Å². The average molecular weight is 628 g/mol. The minimum atomic E-state index is -0.441. The minimum absolute atomic E-state index is 0.133. The molecule has 11 heteroatoms. The fourth-order valence-corrected chi connectivity index (χ4v) is 6.51. The molecule has 3 heterocycles. The van der Waals surface area contributed by atoms with Gasteiger partial charge in [-0.3, -0.25) is 19.2 Å². The third-order valence-corrected chi connectivity index (χ3v) is 8.78. The van der Waals surface area contributed by atoms with Crippen LogP contribution in [0.2, 0.25) is 5.02 Å². The summed E-state index contributed by atoms with van der Waals surface area (Å²) in [5.74, 6) is 0. The average Bonchev–Trinajstić information content (AvgIpc) is 3.17. The van der Waals surface area contributed by atoms with Crippen molar-refractivity contribution < 1.29 is 4.74 Å². The van der Waals surface area contributed by atoms with Crippen molar-refractivity contribution in [1.29, 1.82) is 0 Å². The second-order valence-electron chi connectivity index (χ2n) is 10.4. The van der Waals surface area contributed by atoms with Gasteiger partial charge in [0.15, 0.2) is 4.77 Å². The number of allylic oxidation sites excluding steroid dienone is 1. The van der Waals surface area contributed by atoms with E-state index in [1.165, 1.54) is 33.0 Å². The Morgan fingerprint density at radius 1 is 1.17 bits per heavy atom. The molecule has 42 heavy (non-hydrogen) atoms. The molecule has 4 aromatic rings. The lowest BCUT2D eigenvalue weighted by molar-refractivity contribution is 0.0779. The number of ether oxygens (including phenoxy) is 1. The molecule has 0 spiro atoms. The summed E-state index contributed by atoms with van der Waals surface area (Å²) in [5.41, 5.74) is 4.67. The minimum Gasteiger partial charge on any atom is -0.361 e. The number of benzene rings is 2. The summed E-state index contributed by atoms with van der Waals surface area (Å²) < 4.78 is 9.81. The lowest BCUT2D eigenvalue weighted by Gasteiger charge is -2.26. The molecule has 1 aliphatic heterocycles. The molecule has 2 N–H and O–H groups in total. The molecule has 0 aliphatic carbocycles. The molecule has 0 saturated carbocycles. The Morgan fingerprint density at radius 3 is 2.57 bits per heavy atom. The molecule has 0 unspecified atom stereocenters. The summed E-state index contributed by atoms with van der Waals surface area (Å²) in [4.78, 5) is 33.1. The Hall–Kier alpha value is -2.89. The highest BCUT2D eigenvalue weighted by molar-refractivity contribution is 7.99. The van der Waals surface area contributed by atoms with Crippen LogP contribution in [-0.4, -0.2) is 43.2 Å². The van der Waals surface area contributed by atoms with Gasteiger partial charge in [0.2, 0.25) is 0 Å². The highest BCUT2D eigenvalue weighted by Gasteiger charge is 2.23. The summed E-state index contributed by atoms with van der Waals surface area (Å²) in [6, 6.07) is 14.1. The predicted molar refractivity (Wildman–Crippen MR) is 174 cm³/mol. The fraction of sp³-hybridized carbons (Fsp3) is 0.387. The first-order valence-electron chi connectivity index (χ1n) is 14.1. The molecular formula is C31H38ClN5O3S2. The Bertz CT molecular complexity index is 1740. The monoisotopic (exact) mass is 627 g/mol. The van der Waals surface area contributed by atoms with Crippen molar-refractivity contribution in [3.8, 4) is 0 Å². The van der Waals surface area contributed by atoms with Crippen LogP contribution in [-0.2, 0) is 31.0 Å². The summed E-state index contributed by atoms with van der Waals surface area (Å²) in [5, 5.41) is 1.41. The first-order valence-corrected chi connectivity index (χ1v) is 15.7. The first kappa shape index (κ1) is 32.0. The van der Waals surface area contributed by atoms with Crippen molar-refractivity contribution in [3.05, 3.63) is 95.9 Å².